The molecule has 0 aliphatic carbocycles. The summed E-state index contributed by atoms with van der Waals surface area (Å²) in [4.78, 5) is 1.26. The van der Waals surface area contributed by atoms with Crippen LogP contribution >= 0.6 is 11.8 Å². The first kappa shape index (κ1) is 18.4. The molecule has 1 aliphatic rings. The van der Waals surface area contributed by atoms with E-state index in [9.17, 15) is 9.50 Å². The summed E-state index contributed by atoms with van der Waals surface area (Å²) in [6.07, 6.45) is 2.09. The normalized spacial score (nSPS) is 24.4. The molecule has 0 fully saturated rings. The highest BCUT2D eigenvalue weighted by molar-refractivity contribution is 7.99. The second-order valence-corrected chi connectivity index (χ2v) is 7.87. The lowest BCUT2D eigenvalue weighted by atomic mass is 9.87. The molecule has 2 nitrogen and oxygen atoms in total. The van der Waals surface area contributed by atoms with Gasteiger partial charge < -0.3 is 5.11 Å². The van der Waals surface area contributed by atoms with E-state index in [1.54, 1.807) is 0 Å². The summed E-state index contributed by atoms with van der Waals surface area (Å²) in [6, 6.07) is 15.2. The van der Waals surface area contributed by atoms with E-state index in [2.05, 4.69) is 36.5 Å². The van der Waals surface area contributed by atoms with E-state index in [0.29, 0.717) is 0 Å². The summed E-state index contributed by atoms with van der Waals surface area (Å²) in [6.45, 7) is 4.19. The Labute approximate surface area is 153 Å². The molecular weight excluding hydrogens is 333 g/mol. The number of fused-ring (bicyclic) bond motifs is 1. The molecule has 0 saturated carbocycles. The molecule has 2 aromatic carbocycles. The van der Waals surface area contributed by atoms with Crippen LogP contribution in [-0.4, -0.2) is 22.5 Å². The molecule has 0 amide bonds. The molecule has 0 spiro atoms. The summed E-state index contributed by atoms with van der Waals surface area (Å²) in [5.74, 6) is 0.693. The fourth-order valence-corrected chi connectivity index (χ4v) is 4.84. The molecule has 1 aliphatic heterocycles. The predicted molar refractivity (Wildman–Crippen MR) is 102 cm³/mol. The molecule has 3 rings (SSSR count). The molecule has 3 atom stereocenters. The molecule has 134 valence electrons. The third-order valence-corrected chi connectivity index (χ3v) is 6.54. The first-order chi connectivity index (χ1) is 12.1. The van der Waals surface area contributed by atoms with Crippen molar-refractivity contribution in [3.8, 4) is 0 Å². The first-order valence-corrected chi connectivity index (χ1v) is 9.98. The van der Waals surface area contributed by atoms with Gasteiger partial charge in [-0.05, 0) is 48.6 Å². The van der Waals surface area contributed by atoms with Crippen LogP contribution in [0.15, 0.2) is 53.4 Å². The number of rotatable bonds is 5. The highest BCUT2D eigenvalue weighted by Crippen LogP contribution is 2.40. The monoisotopic (exact) mass is 359 g/mol. The maximum absolute atomic E-state index is 13.4. The van der Waals surface area contributed by atoms with Crippen molar-refractivity contribution < 1.29 is 9.50 Å². The molecular formula is C21H26FNOS. The van der Waals surface area contributed by atoms with Crippen LogP contribution in [0.4, 0.5) is 4.39 Å². The molecule has 0 bridgehead atoms. The first-order valence-electron chi connectivity index (χ1n) is 9.00. The smallest absolute Gasteiger partial charge is 0.123 e. The average molecular weight is 360 g/mol. The molecule has 1 heterocycles. The standard InChI is InChI=1S/C21H26FNOS/c1-3-17(24)13-21(4-2)14-25-19-8-6-5-7-18(19)20(23-21)15-9-11-16(22)12-10-15/h5-12,17,20,23-24H,3-4,13-14H2,1-2H3/t17-,20+,21+/m1/s1. The molecule has 0 aromatic heterocycles. The van der Waals surface area contributed by atoms with E-state index in [1.807, 2.05) is 30.8 Å². The lowest BCUT2D eigenvalue weighted by Gasteiger charge is -2.37. The minimum Gasteiger partial charge on any atom is -0.393 e. The Morgan fingerprint density at radius 1 is 1.20 bits per heavy atom. The molecule has 2 N–H and O–H groups in total. The minimum atomic E-state index is -0.317. The fraction of sp³-hybridized carbons (Fsp3) is 0.429. The Bertz CT molecular complexity index is 705. The van der Waals surface area contributed by atoms with Gasteiger partial charge in [0.1, 0.15) is 5.82 Å². The third kappa shape index (κ3) is 4.08. The summed E-state index contributed by atoms with van der Waals surface area (Å²) < 4.78 is 13.4. The van der Waals surface area contributed by atoms with Gasteiger partial charge in [0.2, 0.25) is 0 Å². The van der Waals surface area contributed by atoms with Crippen LogP contribution in [0.1, 0.15) is 50.3 Å². The molecule has 0 radical (unpaired) electrons. The van der Waals surface area contributed by atoms with Crippen molar-refractivity contribution >= 4 is 11.8 Å². The highest BCUT2D eigenvalue weighted by Gasteiger charge is 2.37. The van der Waals surface area contributed by atoms with Crippen molar-refractivity contribution in [2.45, 2.75) is 55.7 Å². The predicted octanol–water partition coefficient (Wildman–Crippen LogP) is 4.92. The Morgan fingerprint density at radius 3 is 2.60 bits per heavy atom. The van der Waals surface area contributed by atoms with E-state index in [-0.39, 0.29) is 23.5 Å². The molecule has 25 heavy (non-hydrogen) atoms. The van der Waals surface area contributed by atoms with Crippen molar-refractivity contribution in [1.82, 2.24) is 5.32 Å². The van der Waals surface area contributed by atoms with Gasteiger partial charge in [0.25, 0.3) is 0 Å². The Kier molecular flexibility index (Phi) is 5.82. The third-order valence-electron chi connectivity index (χ3n) is 5.16. The molecule has 2 aromatic rings. The van der Waals surface area contributed by atoms with Crippen molar-refractivity contribution in [1.29, 1.82) is 0 Å². The van der Waals surface area contributed by atoms with Crippen LogP contribution in [0, 0.1) is 5.82 Å². The van der Waals surface area contributed by atoms with Crippen LogP contribution in [0.2, 0.25) is 0 Å². The van der Waals surface area contributed by atoms with Gasteiger partial charge in [0, 0.05) is 16.2 Å². The SMILES string of the molecule is CC[C@@H](O)C[C@@]1(CC)CSc2ccccc2[C@H](c2ccc(F)cc2)N1. The maximum atomic E-state index is 13.4. The van der Waals surface area contributed by atoms with Crippen LogP contribution in [0.5, 0.6) is 0 Å². The number of hydrogen-bond acceptors (Lipinski definition) is 3. The van der Waals surface area contributed by atoms with Gasteiger partial charge in [0.05, 0.1) is 12.1 Å². The van der Waals surface area contributed by atoms with Crippen LogP contribution < -0.4 is 5.32 Å². The van der Waals surface area contributed by atoms with Crippen molar-refractivity contribution in [2.24, 2.45) is 0 Å². The van der Waals surface area contributed by atoms with Crippen molar-refractivity contribution in [3.05, 3.63) is 65.5 Å². The van der Waals surface area contributed by atoms with E-state index in [1.165, 1.54) is 22.6 Å². The van der Waals surface area contributed by atoms with Gasteiger partial charge in [-0.25, -0.2) is 4.39 Å². The van der Waals surface area contributed by atoms with Gasteiger partial charge in [-0.1, -0.05) is 44.2 Å². The number of thioether (sulfide) groups is 1. The van der Waals surface area contributed by atoms with Crippen LogP contribution in [0.25, 0.3) is 0 Å². The topological polar surface area (TPSA) is 32.3 Å². The number of nitrogens with one attached hydrogen (secondary N) is 1. The lowest BCUT2D eigenvalue weighted by molar-refractivity contribution is 0.116. The van der Waals surface area contributed by atoms with Gasteiger partial charge in [0.15, 0.2) is 0 Å². The van der Waals surface area contributed by atoms with Crippen molar-refractivity contribution in [2.75, 3.05) is 5.75 Å². The number of benzene rings is 2. The second-order valence-electron chi connectivity index (χ2n) is 6.86. The molecule has 0 unspecified atom stereocenters. The van der Waals surface area contributed by atoms with Crippen LogP contribution in [-0.2, 0) is 0 Å². The number of halogens is 1. The minimum absolute atomic E-state index is 0.00388. The Balaban J connectivity index is 2.02. The zero-order valence-electron chi connectivity index (χ0n) is 14.8. The molecule has 0 saturated heterocycles. The van der Waals surface area contributed by atoms with E-state index >= 15 is 0 Å². The van der Waals surface area contributed by atoms with Gasteiger partial charge >= 0.3 is 0 Å². The summed E-state index contributed by atoms with van der Waals surface area (Å²) in [5.41, 5.74) is 2.12. The zero-order chi connectivity index (χ0) is 17.9. The van der Waals surface area contributed by atoms with E-state index in [4.69, 9.17) is 0 Å². The quantitative estimate of drug-likeness (QED) is 0.795. The summed E-state index contributed by atoms with van der Waals surface area (Å²) in [5, 5.41) is 14.1. The van der Waals surface area contributed by atoms with Gasteiger partial charge in [-0.3, -0.25) is 5.32 Å². The average Bonchev–Trinajstić information content (AvgIpc) is 2.80. The summed E-state index contributed by atoms with van der Waals surface area (Å²) in [7, 11) is 0. The Morgan fingerprint density at radius 2 is 1.92 bits per heavy atom. The number of aliphatic hydroxyl groups excluding tert-OH is 1. The van der Waals surface area contributed by atoms with Gasteiger partial charge in [-0.15, -0.1) is 11.8 Å². The van der Waals surface area contributed by atoms with Gasteiger partial charge in [-0.2, -0.15) is 0 Å². The second kappa shape index (κ2) is 7.90. The maximum Gasteiger partial charge on any atom is 0.123 e. The highest BCUT2D eigenvalue weighted by atomic mass is 32.2. The number of hydrogen-bond donors (Lipinski definition) is 2. The largest absolute Gasteiger partial charge is 0.393 e. The van der Waals surface area contributed by atoms with Crippen molar-refractivity contribution in [3.63, 3.8) is 0 Å². The summed E-state index contributed by atoms with van der Waals surface area (Å²) >= 11 is 1.85. The lowest BCUT2D eigenvalue weighted by Crippen LogP contribution is -2.50. The number of aliphatic hydroxyl groups is 1. The van der Waals surface area contributed by atoms with E-state index < -0.39 is 0 Å². The fourth-order valence-electron chi connectivity index (χ4n) is 3.47. The molecule has 4 heteroatoms. The zero-order valence-corrected chi connectivity index (χ0v) is 15.7. The van der Waals surface area contributed by atoms with E-state index in [0.717, 1.165) is 30.6 Å². The van der Waals surface area contributed by atoms with Crippen LogP contribution in [0.3, 0.4) is 0 Å². The Hall–Kier alpha value is -1.36.